The minimum absolute atomic E-state index is 0.0666. The third-order valence-electron chi connectivity index (χ3n) is 4.63. The molecule has 0 bridgehead atoms. The Hall–Kier alpha value is -3.93. The molecule has 12 heteroatoms. The number of nitrogens with two attached hydrogens (primary N) is 1. The summed E-state index contributed by atoms with van der Waals surface area (Å²) in [4.78, 5) is 18.2. The Bertz CT molecular complexity index is 1320. The molecule has 3 aromatic heterocycles. The van der Waals surface area contributed by atoms with E-state index >= 15 is 0 Å². The number of benzene rings is 1. The average Bonchev–Trinajstić information content (AvgIpc) is 3.16. The fourth-order valence-corrected chi connectivity index (χ4v) is 3.74. The van der Waals surface area contributed by atoms with Crippen molar-refractivity contribution in [2.45, 2.75) is 6.92 Å². The highest BCUT2D eigenvalue weighted by atomic mass is 32.2. The van der Waals surface area contributed by atoms with Crippen molar-refractivity contribution < 1.29 is 18.4 Å². The largest absolute Gasteiger partial charge is 0.494 e. The molecule has 1 atom stereocenters. The maximum absolute atomic E-state index is 11.8. The summed E-state index contributed by atoms with van der Waals surface area (Å²) in [7, 11) is 1.71. The number of aromatic nitrogens is 5. The summed E-state index contributed by atoms with van der Waals surface area (Å²) >= 11 is 0. The Morgan fingerprint density at radius 3 is 2.36 bits per heavy atom. The van der Waals surface area contributed by atoms with Crippen LogP contribution in [-0.4, -0.2) is 55.8 Å². The van der Waals surface area contributed by atoms with Gasteiger partial charge in [-0.1, -0.05) is 12.1 Å². The number of pyridine rings is 1. The van der Waals surface area contributed by atoms with Crippen molar-refractivity contribution in [3.63, 3.8) is 0 Å². The Kier molecular flexibility index (Phi) is 6.27. The third kappa shape index (κ3) is 4.24. The highest BCUT2D eigenvalue weighted by molar-refractivity contribution is 7.85. The van der Waals surface area contributed by atoms with Gasteiger partial charge >= 0.3 is 0 Å². The highest BCUT2D eigenvalue weighted by Gasteiger charge is 2.24. The van der Waals surface area contributed by atoms with E-state index < -0.39 is 11.0 Å². The summed E-state index contributed by atoms with van der Waals surface area (Å²) in [5, 5.41) is 0. The number of hydrogen-bond acceptors (Lipinski definition) is 9. The van der Waals surface area contributed by atoms with Crippen LogP contribution in [0.1, 0.15) is 6.92 Å². The minimum Gasteiger partial charge on any atom is -0.494 e. The first kappa shape index (κ1) is 22.3. The fourth-order valence-electron chi connectivity index (χ4n) is 3.32. The van der Waals surface area contributed by atoms with Crippen molar-refractivity contribution in [3.8, 4) is 34.6 Å². The summed E-state index contributed by atoms with van der Waals surface area (Å²) in [5.74, 6) is 2.14. The predicted octanol–water partition coefficient (Wildman–Crippen LogP) is 2.58. The van der Waals surface area contributed by atoms with Crippen molar-refractivity contribution in [3.05, 3.63) is 36.4 Å². The molecule has 0 aliphatic carbocycles. The number of nitrogens with one attached hydrogen (secondary N) is 1. The smallest absolute Gasteiger partial charge is 0.213 e. The lowest BCUT2D eigenvalue weighted by Crippen LogP contribution is -2.09. The van der Waals surface area contributed by atoms with Gasteiger partial charge in [0.05, 0.1) is 20.8 Å². The molecule has 0 radical (unpaired) electrons. The maximum Gasteiger partial charge on any atom is 0.213 e. The second kappa shape index (κ2) is 9.28. The quantitative estimate of drug-likeness (QED) is 0.398. The summed E-state index contributed by atoms with van der Waals surface area (Å²) in [6.45, 7) is 2.35. The van der Waals surface area contributed by atoms with E-state index in [1.54, 1.807) is 43.1 Å². The van der Waals surface area contributed by atoms with Gasteiger partial charge in [-0.15, -0.1) is 0 Å². The van der Waals surface area contributed by atoms with Crippen LogP contribution in [0.15, 0.2) is 36.4 Å². The number of rotatable bonds is 8. The molecule has 33 heavy (non-hydrogen) atoms. The van der Waals surface area contributed by atoms with E-state index in [4.69, 9.17) is 19.9 Å². The van der Waals surface area contributed by atoms with E-state index in [2.05, 4.69) is 24.7 Å². The molecule has 172 valence electrons. The molecule has 3 N–H and O–H groups in total. The van der Waals surface area contributed by atoms with Crippen LogP contribution in [0.5, 0.6) is 17.4 Å². The second-order valence-electron chi connectivity index (χ2n) is 6.74. The van der Waals surface area contributed by atoms with Gasteiger partial charge in [0.15, 0.2) is 23.1 Å². The highest BCUT2D eigenvalue weighted by Crippen LogP contribution is 2.38. The van der Waals surface area contributed by atoms with Gasteiger partial charge in [0.1, 0.15) is 33.9 Å². The summed E-state index contributed by atoms with van der Waals surface area (Å²) in [6, 6.07) is 10.8. The number of nitrogen functional groups attached to an aromatic ring is 1. The topological polar surface area (TPSA) is 139 Å². The normalized spacial score (nSPS) is 11.9. The zero-order valence-electron chi connectivity index (χ0n) is 18.5. The lowest BCUT2D eigenvalue weighted by Gasteiger charge is -2.16. The van der Waals surface area contributed by atoms with E-state index in [9.17, 15) is 4.21 Å². The number of fused-ring (bicyclic) bond motifs is 1. The first-order chi connectivity index (χ1) is 16.0. The van der Waals surface area contributed by atoms with Gasteiger partial charge in [-0.25, -0.2) is 24.1 Å². The molecule has 0 aliphatic rings. The number of anilines is 2. The molecule has 0 amide bonds. The summed E-state index contributed by atoms with van der Waals surface area (Å²) in [6.07, 6.45) is 1.47. The van der Waals surface area contributed by atoms with E-state index in [-0.39, 0.29) is 17.3 Å². The lowest BCUT2D eigenvalue weighted by molar-refractivity contribution is 0.327. The molecule has 0 saturated carbocycles. The number of nitrogens with zero attached hydrogens (tertiary/aromatic N) is 5. The van der Waals surface area contributed by atoms with E-state index in [0.29, 0.717) is 46.8 Å². The predicted molar refractivity (Wildman–Crippen MR) is 126 cm³/mol. The van der Waals surface area contributed by atoms with Crippen LogP contribution >= 0.6 is 0 Å². The van der Waals surface area contributed by atoms with Gasteiger partial charge < -0.3 is 19.9 Å². The average molecular weight is 470 g/mol. The zero-order valence-corrected chi connectivity index (χ0v) is 19.3. The van der Waals surface area contributed by atoms with Crippen LogP contribution in [-0.2, 0) is 11.0 Å². The first-order valence-corrected chi connectivity index (χ1v) is 11.5. The van der Waals surface area contributed by atoms with Gasteiger partial charge in [0.25, 0.3) is 0 Å². The second-order valence-corrected chi connectivity index (χ2v) is 7.85. The van der Waals surface area contributed by atoms with Crippen LogP contribution in [0, 0.1) is 0 Å². The SMILES string of the molecule is CCOc1cccc(-c2nc3nc(N)c(NS(C)=O)nc3n2-c2c(OC)cccc2OC)n1. The molecule has 0 aliphatic heterocycles. The van der Waals surface area contributed by atoms with E-state index in [1.165, 1.54) is 6.26 Å². The van der Waals surface area contributed by atoms with E-state index in [1.807, 2.05) is 19.1 Å². The van der Waals surface area contributed by atoms with Crippen molar-refractivity contribution in [2.75, 3.05) is 37.5 Å². The Morgan fingerprint density at radius 2 is 1.73 bits per heavy atom. The number of methoxy groups -OCH3 is 2. The van der Waals surface area contributed by atoms with Gasteiger partial charge in [-0.2, -0.15) is 0 Å². The first-order valence-electron chi connectivity index (χ1n) is 9.94. The van der Waals surface area contributed by atoms with Crippen molar-refractivity contribution in [1.82, 2.24) is 24.5 Å². The van der Waals surface area contributed by atoms with Crippen LogP contribution in [0.4, 0.5) is 11.6 Å². The number of imidazole rings is 1. The van der Waals surface area contributed by atoms with Gasteiger partial charge in [0.2, 0.25) is 11.5 Å². The standard InChI is InChI=1S/C21H23N7O4S/c1-5-32-15-11-6-8-12(23-15)20-26-19-21(25-18(17(22)24-19)27-33(4)29)28(20)16-13(30-2)9-7-10-14(16)31-3/h6-11H,5H2,1-4H3,(H2,22,24)(H,25,27). The maximum atomic E-state index is 11.8. The van der Waals surface area contributed by atoms with Crippen molar-refractivity contribution >= 4 is 33.9 Å². The molecule has 0 saturated heterocycles. The molecular weight excluding hydrogens is 446 g/mol. The van der Waals surface area contributed by atoms with E-state index in [0.717, 1.165) is 0 Å². The molecule has 4 rings (SSSR count). The zero-order chi connectivity index (χ0) is 23.5. The Labute approximate surface area is 192 Å². The molecule has 11 nitrogen and oxygen atoms in total. The lowest BCUT2D eigenvalue weighted by atomic mass is 10.2. The number of hydrogen-bond donors (Lipinski definition) is 2. The van der Waals surface area contributed by atoms with Crippen LogP contribution in [0.25, 0.3) is 28.5 Å². The van der Waals surface area contributed by atoms with Crippen LogP contribution in [0.3, 0.4) is 0 Å². The molecule has 1 unspecified atom stereocenters. The Morgan fingerprint density at radius 1 is 1.03 bits per heavy atom. The molecule has 0 spiro atoms. The molecule has 0 fully saturated rings. The minimum atomic E-state index is -1.41. The van der Waals surface area contributed by atoms with Gasteiger partial charge in [-0.05, 0) is 25.1 Å². The third-order valence-corrected chi connectivity index (χ3v) is 5.11. The fraction of sp³-hybridized carbons (Fsp3) is 0.238. The number of para-hydroxylation sites is 1. The van der Waals surface area contributed by atoms with Crippen LogP contribution < -0.4 is 24.7 Å². The van der Waals surface area contributed by atoms with Crippen molar-refractivity contribution in [1.29, 1.82) is 0 Å². The van der Waals surface area contributed by atoms with Crippen molar-refractivity contribution in [2.24, 2.45) is 0 Å². The van der Waals surface area contributed by atoms with Crippen LogP contribution in [0.2, 0.25) is 0 Å². The summed E-state index contributed by atoms with van der Waals surface area (Å²) < 4.78 is 33.0. The molecule has 1 aromatic carbocycles. The summed E-state index contributed by atoms with van der Waals surface area (Å²) in [5.41, 5.74) is 7.72. The molecule has 3 heterocycles. The molecule has 4 aromatic rings. The molecular formula is C21H23N7O4S. The van der Waals surface area contributed by atoms with Gasteiger partial charge in [-0.3, -0.25) is 9.29 Å². The Balaban J connectivity index is 2.09. The monoisotopic (exact) mass is 469 g/mol. The van der Waals surface area contributed by atoms with Gasteiger partial charge in [0, 0.05) is 12.3 Å². The number of ether oxygens (including phenoxy) is 3.